The Labute approximate surface area is 78.2 Å². The highest BCUT2D eigenvalue weighted by Gasteiger charge is 1.97. The van der Waals surface area contributed by atoms with Crippen molar-refractivity contribution < 1.29 is 4.74 Å². The number of allylic oxidation sites excluding steroid dienone is 1. The van der Waals surface area contributed by atoms with Crippen LogP contribution < -0.4 is 10.5 Å². The molecule has 0 aliphatic carbocycles. The largest absolute Gasteiger partial charge is 0.491 e. The van der Waals surface area contributed by atoms with Gasteiger partial charge in [-0.1, -0.05) is 6.08 Å². The predicted octanol–water partition coefficient (Wildman–Crippen LogP) is 2.01. The highest BCUT2D eigenvalue weighted by atomic mass is 16.5. The number of hydrogen-bond donors (Lipinski definition) is 1. The fraction of sp³-hybridized carbons (Fsp3) is 0.300. The van der Waals surface area contributed by atoms with Crippen molar-refractivity contribution in [2.24, 2.45) is 0 Å². The van der Waals surface area contributed by atoms with Crippen molar-refractivity contribution in [3.05, 3.63) is 31.1 Å². The van der Waals surface area contributed by atoms with Gasteiger partial charge in [-0.15, -0.1) is 6.58 Å². The van der Waals surface area contributed by atoms with Gasteiger partial charge in [0.1, 0.15) is 5.75 Å². The molecule has 0 amide bonds. The molecule has 1 aromatic rings. The third-order valence-corrected chi connectivity index (χ3v) is 1.62. The van der Waals surface area contributed by atoms with E-state index in [-0.39, 0.29) is 0 Å². The third-order valence-electron chi connectivity index (χ3n) is 1.62. The second-order valence-electron chi connectivity index (χ2n) is 2.69. The molecular formula is C10H14N2O. The van der Waals surface area contributed by atoms with Crippen LogP contribution in [0.25, 0.3) is 0 Å². The summed E-state index contributed by atoms with van der Waals surface area (Å²) < 4.78 is 5.43. The first-order chi connectivity index (χ1) is 6.34. The molecule has 0 bridgehead atoms. The van der Waals surface area contributed by atoms with Crippen LogP contribution in [0.1, 0.15) is 12.8 Å². The van der Waals surface area contributed by atoms with Crippen LogP contribution >= 0.6 is 0 Å². The zero-order chi connectivity index (χ0) is 9.52. The summed E-state index contributed by atoms with van der Waals surface area (Å²) >= 11 is 0. The van der Waals surface area contributed by atoms with Crippen LogP contribution in [0.4, 0.5) is 5.69 Å². The molecule has 0 radical (unpaired) electrons. The predicted molar refractivity (Wildman–Crippen MR) is 53.6 cm³/mol. The van der Waals surface area contributed by atoms with Crippen LogP contribution in [0.3, 0.4) is 0 Å². The molecule has 0 saturated heterocycles. The second kappa shape index (κ2) is 5.19. The quantitative estimate of drug-likeness (QED) is 0.554. The lowest BCUT2D eigenvalue weighted by atomic mass is 10.3. The number of anilines is 1. The van der Waals surface area contributed by atoms with Crippen molar-refractivity contribution >= 4 is 5.69 Å². The Morgan fingerprint density at radius 3 is 3.15 bits per heavy atom. The van der Waals surface area contributed by atoms with Gasteiger partial charge in [0.15, 0.2) is 0 Å². The third kappa shape index (κ3) is 3.15. The number of unbranched alkanes of at least 4 members (excludes halogenated alkanes) is 1. The minimum Gasteiger partial charge on any atom is -0.491 e. The zero-order valence-corrected chi connectivity index (χ0v) is 7.57. The van der Waals surface area contributed by atoms with E-state index in [1.54, 1.807) is 18.5 Å². The monoisotopic (exact) mass is 178 g/mol. The van der Waals surface area contributed by atoms with Crippen LogP contribution in [-0.4, -0.2) is 11.6 Å². The van der Waals surface area contributed by atoms with E-state index in [9.17, 15) is 0 Å². The van der Waals surface area contributed by atoms with E-state index >= 15 is 0 Å². The molecule has 0 saturated carbocycles. The van der Waals surface area contributed by atoms with Crippen molar-refractivity contribution in [1.29, 1.82) is 0 Å². The van der Waals surface area contributed by atoms with Crippen molar-refractivity contribution in [2.75, 3.05) is 12.3 Å². The van der Waals surface area contributed by atoms with E-state index in [2.05, 4.69) is 11.6 Å². The maximum atomic E-state index is 5.63. The first-order valence-corrected chi connectivity index (χ1v) is 4.28. The van der Waals surface area contributed by atoms with E-state index in [1.165, 1.54) is 0 Å². The molecule has 2 N–H and O–H groups in total. The summed E-state index contributed by atoms with van der Waals surface area (Å²) in [7, 11) is 0. The smallest absolute Gasteiger partial charge is 0.145 e. The van der Waals surface area contributed by atoms with E-state index in [1.807, 2.05) is 6.08 Å². The van der Waals surface area contributed by atoms with E-state index in [0.717, 1.165) is 12.8 Å². The molecule has 1 heterocycles. The van der Waals surface area contributed by atoms with Crippen molar-refractivity contribution in [2.45, 2.75) is 12.8 Å². The molecule has 1 aromatic heterocycles. The van der Waals surface area contributed by atoms with Crippen LogP contribution in [0.2, 0.25) is 0 Å². The number of rotatable bonds is 5. The Morgan fingerprint density at radius 2 is 2.46 bits per heavy atom. The Hall–Kier alpha value is -1.51. The maximum absolute atomic E-state index is 5.63. The van der Waals surface area contributed by atoms with Gasteiger partial charge in [0.2, 0.25) is 0 Å². The highest BCUT2D eigenvalue weighted by molar-refractivity contribution is 5.49. The van der Waals surface area contributed by atoms with Crippen LogP contribution in [0.5, 0.6) is 5.75 Å². The lowest BCUT2D eigenvalue weighted by Gasteiger charge is -2.06. The lowest BCUT2D eigenvalue weighted by molar-refractivity contribution is 0.313. The first-order valence-electron chi connectivity index (χ1n) is 4.28. The van der Waals surface area contributed by atoms with Gasteiger partial charge in [0.05, 0.1) is 18.5 Å². The molecule has 13 heavy (non-hydrogen) atoms. The van der Waals surface area contributed by atoms with Gasteiger partial charge >= 0.3 is 0 Å². The summed E-state index contributed by atoms with van der Waals surface area (Å²) in [4.78, 5) is 3.87. The topological polar surface area (TPSA) is 48.1 Å². The molecule has 0 aliphatic heterocycles. The number of nitrogens with two attached hydrogens (primary N) is 1. The highest BCUT2D eigenvalue weighted by Crippen LogP contribution is 2.18. The summed E-state index contributed by atoms with van der Waals surface area (Å²) in [6, 6.07) is 1.77. The fourth-order valence-electron chi connectivity index (χ4n) is 0.935. The van der Waals surface area contributed by atoms with Gasteiger partial charge in [0.25, 0.3) is 0 Å². The average Bonchev–Trinajstić information content (AvgIpc) is 2.15. The Balaban J connectivity index is 2.36. The molecule has 0 unspecified atom stereocenters. The Kier molecular flexibility index (Phi) is 3.82. The Morgan fingerprint density at radius 1 is 1.62 bits per heavy atom. The van der Waals surface area contributed by atoms with Crippen LogP contribution in [-0.2, 0) is 0 Å². The number of nitrogens with zero attached hydrogens (tertiary/aromatic N) is 1. The number of aromatic nitrogens is 1. The minimum atomic E-state index is 0.584. The van der Waals surface area contributed by atoms with Gasteiger partial charge in [0, 0.05) is 12.3 Å². The van der Waals surface area contributed by atoms with E-state index in [4.69, 9.17) is 10.5 Å². The molecule has 0 spiro atoms. The molecule has 1 rings (SSSR count). The summed E-state index contributed by atoms with van der Waals surface area (Å²) in [5, 5.41) is 0. The van der Waals surface area contributed by atoms with Gasteiger partial charge in [-0.3, -0.25) is 4.98 Å². The molecule has 3 nitrogen and oxygen atoms in total. The van der Waals surface area contributed by atoms with Crippen molar-refractivity contribution in [3.8, 4) is 5.75 Å². The number of nitrogen functional groups attached to an aromatic ring is 1. The summed E-state index contributed by atoms with van der Waals surface area (Å²) in [6.45, 7) is 4.30. The SMILES string of the molecule is C=CCCCOc1ccncc1N. The van der Waals surface area contributed by atoms with Gasteiger partial charge < -0.3 is 10.5 Å². The molecule has 3 heteroatoms. The van der Waals surface area contributed by atoms with Gasteiger partial charge in [-0.25, -0.2) is 0 Å². The van der Waals surface area contributed by atoms with Gasteiger partial charge in [-0.05, 0) is 12.8 Å². The maximum Gasteiger partial charge on any atom is 0.145 e. The minimum absolute atomic E-state index is 0.584. The van der Waals surface area contributed by atoms with Crippen LogP contribution in [0.15, 0.2) is 31.1 Å². The average molecular weight is 178 g/mol. The molecule has 0 aliphatic rings. The molecule has 70 valence electrons. The molecule has 0 fully saturated rings. The normalized spacial score (nSPS) is 9.54. The van der Waals surface area contributed by atoms with E-state index < -0.39 is 0 Å². The first kappa shape index (κ1) is 9.58. The molecular weight excluding hydrogens is 164 g/mol. The second-order valence-corrected chi connectivity index (χ2v) is 2.69. The number of ether oxygens (including phenoxy) is 1. The summed E-state index contributed by atoms with van der Waals surface area (Å²) in [5.41, 5.74) is 6.21. The standard InChI is InChI=1S/C10H14N2O/c1-2-3-4-7-13-10-5-6-12-8-9(10)11/h2,5-6,8H,1,3-4,7,11H2. The van der Waals surface area contributed by atoms with Crippen molar-refractivity contribution in [1.82, 2.24) is 4.98 Å². The van der Waals surface area contributed by atoms with Crippen molar-refractivity contribution in [3.63, 3.8) is 0 Å². The molecule has 0 atom stereocenters. The van der Waals surface area contributed by atoms with E-state index in [0.29, 0.717) is 18.0 Å². The fourth-order valence-corrected chi connectivity index (χ4v) is 0.935. The molecule has 0 aromatic carbocycles. The number of pyridine rings is 1. The summed E-state index contributed by atoms with van der Waals surface area (Å²) in [6.07, 6.45) is 7.05. The zero-order valence-electron chi connectivity index (χ0n) is 7.57. The Bertz CT molecular complexity index is 273. The lowest BCUT2D eigenvalue weighted by Crippen LogP contribution is -2.00. The summed E-state index contributed by atoms with van der Waals surface area (Å²) in [5.74, 6) is 0.707. The van der Waals surface area contributed by atoms with Gasteiger partial charge in [-0.2, -0.15) is 0 Å². The van der Waals surface area contributed by atoms with Crippen LogP contribution in [0, 0.1) is 0 Å². The number of hydrogen-bond acceptors (Lipinski definition) is 3.